The van der Waals surface area contributed by atoms with E-state index in [1.54, 1.807) is 6.07 Å². The number of benzene rings is 3. The van der Waals surface area contributed by atoms with E-state index in [0.29, 0.717) is 22.6 Å². The first-order valence-corrected chi connectivity index (χ1v) is 8.28. The molecular formula is C21H15F3O3. The van der Waals surface area contributed by atoms with Crippen LogP contribution in [0.1, 0.15) is 28.2 Å². The maximum absolute atomic E-state index is 12.9. The maximum atomic E-state index is 12.9. The molecule has 3 aromatic carbocycles. The molecule has 0 fully saturated rings. The molecule has 3 aromatic rings. The highest BCUT2D eigenvalue weighted by molar-refractivity contribution is 5.57. The lowest BCUT2D eigenvalue weighted by Gasteiger charge is -2.21. The second-order valence-corrected chi connectivity index (χ2v) is 6.23. The molecule has 0 aromatic heterocycles. The zero-order chi connectivity index (χ0) is 19.0. The van der Waals surface area contributed by atoms with E-state index in [0.717, 1.165) is 17.7 Å². The fourth-order valence-electron chi connectivity index (χ4n) is 3.24. The smallest absolute Gasteiger partial charge is 0.416 e. The molecule has 0 saturated carbocycles. The second-order valence-electron chi connectivity index (χ2n) is 6.23. The highest BCUT2D eigenvalue weighted by Crippen LogP contribution is 2.44. The van der Waals surface area contributed by atoms with E-state index >= 15 is 0 Å². The summed E-state index contributed by atoms with van der Waals surface area (Å²) in [6.07, 6.45) is -4.40. The Balaban J connectivity index is 1.84. The summed E-state index contributed by atoms with van der Waals surface area (Å²) in [5.74, 6) is 0.474. The third-order valence-corrected chi connectivity index (χ3v) is 4.54. The number of phenolic OH excluding ortho intramolecular Hbond substituents is 1. The molecule has 1 aliphatic heterocycles. The van der Waals surface area contributed by atoms with Gasteiger partial charge >= 0.3 is 6.18 Å². The average molecular weight is 372 g/mol. The number of hydrogen-bond acceptors (Lipinski definition) is 3. The lowest BCUT2D eigenvalue weighted by atomic mass is 9.84. The Morgan fingerprint density at radius 3 is 2.04 bits per heavy atom. The number of aromatic hydroxyl groups is 1. The van der Waals surface area contributed by atoms with Crippen LogP contribution in [0, 0.1) is 0 Å². The molecule has 0 unspecified atom stereocenters. The van der Waals surface area contributed by atoms with Gasteiger partial charge in [-0.1, -0.05) is 42.5 Å². The topological polar surface area (TPSA) is 38.7 Å². The summed E-state index contributed by atoms with van der Waals surface area (Å²) in [7, 11) is 0. The van der Waals surface area contributed by atoms with Gasteiger partial charge in [-0.2, -0.15) is 13.2 Å². The number of alkyl halides is 3. The predicted molar refractivity (Wildman–Crippen MR) is 93.1 cm³/mol. The minimum Gasteiger partial charge on any atom is -0.507 e. The van der Waals surface area contributed by atoms with E-state index in [1.165, 1.54) is 18.2 Å². The van der Waals surface area contributed by atoms with Gasteiger partial charge in [0, 0.05) is 17.5 Å². The fraction of sp³-hybridized carbons (Fsp3) is 0.143. The van der Waals surface area contributed by atoms with Gasteiger partial charge in [-0.25, -0.2) is 0 Å². The zero-order valence-electron chi connectivity index (χ0n) is 14.0. The van der Waals surface area contributed by atoms with E-state index in [1.807, 2.05) is 30.3 Å². The molecule has 3 nitrogen and oxygen atoms in total. The van der Waals surface area contributed by atoms with E-state index < -0.39 is 17.7 Å². The van der Waals surface area contributed by atoms with Crippen LogP contribution in [0.4, 0.5) is 13.2 Å². The normalized spacial score (nSPS) is 14.2. The predicted octanol–water partition coefficient (Wildman–Crippen LogP) is 5.32. The van der Waals surface area contributed by atoms with Crippen LogP contribution in [0.3, 0.4) is 0 Å². The second kappa shape index (κ2) is 6.54. The molecule has 1 aliphatic rings. The SMILES string of the molecule is Oc1cc2c(cc1[C@@H](c1ccccc1)c1ccc(C(F)(F)F)cc1)OCO2. The number of hydrogen-bond donors (Lipinski definition) is 1. The molecule has 1 atom stereocenters. The van der Waals surface area contributed by atoms with Crippen LogP contribution in [0.15, 0.2) is 66.7 Å². The van der Waals surface area contributed by atoms with E-state index in [9.17, 15) is 18.3 Å². The van der Waals surface area contributed by atoms with Crippen molar-refractivity contribution in [3.63, 3.8) is 0 Å². The Morgan fingerprint density at radius 1 is 0.815 bits per heavy atom. The summed E-state index contributed by atoms with van der Waals surface area (Å²) >= 11 is 0. The van der Waals surface area contributed by atoms with Gasteiger partial charge in [0.2, 0.25) is 6.79 Å². The molecule has 0 spiro atoms. The molecule has 4 rings (SSSR count). The number of rotatable bonds is 3. The van der Waals surface area contributed by atoms with Gasteiger partial charge in [0.05, 0.1) is 5.56 Å². The van der Waals surface area contributed by atoms with Crippen molar-refractivity contribution < 1.29 is 27.8 Å². The van der Waals surface area contributed by atoms with Gasteiger partial charge in [0.15, 0.2) is 11.5 Å². The molecule has 6 heteroatoms. The largest absolute Gasteiger partial charge is 0.507 e. The first-order chi connectivity index (χ1) is 12.9. The van der Waals surface area contributed by atoms with Gasteiger partial charge in [-0.05, 0) is 29.3 Å². The van der Waals surface area contributed by atoms with Gasteiger partial charge in [0.25, 0.3) is 0 Å². The van der Waals surface area contributed by atoms with Gasteiger partial charge in [-0.15, -0.1) is 0 Å². The van der Waals surface area contributed by atoms with E-state index in [4.69, 9.17) is 9.47 Å². The minimum atomic E-state index is -4.40. The molecule has 0 saturated heterocycles. The van der Waals surface area contributed by atoms with Crippen molar-refractivity contribution in [3.8, 4) is 17.2 Å². The van der Waals surface area contributed by atoms with Crippen molar-refractivity contribution in [1.29, 1.82) is 0 Å². The average Bonchev–Trinajstić information content (AvgIpc) is 3.10. The number of phenols is 1. The van der Waals surface area contributed by atoms with Crippen molar-refractivity contribution >= 4 is 0 Å². The van der Waals surface area contributed by atoms with Gasteiger partial charge in [-0.3, -0.25) is 0 Å². The van der Waals surface area contributed by atoms with Crippen LogP contribution in [-0.2, 0) is 6.18 Å². The van der Waals surface area contributed by atoms with Gasteiger partial charge < -0.3 is 14.6 Å². The van der Waals surface area contributed by atoms with Crippen LogP contribution in [0.2, 0.25) is 0 Å². The lowest BCUT2D eigenvalue weighted by molar-refractivity contribution is -0.137. The first-order valence-electron chi connectivity index (χ1n) is 8.28. The highest BCUT2D eigenvalue weighted by atomic mass is 19.4. The summed E-state index contributed by atoms with van der Waals surface area (Å²) in [5, 5.41) is 10.5. The molecular weight excluding hydrogens is 357 g/mol. The lowest BCUT2D eigenvalue weighted by Crippen LogP contribution is -2.07. The maximum Gasteiger partial charge on any atom is 0.416 e. The molecule has 0 radical (unpaired) electrons. The summed E-state index contributed by atoms with van der Waals surface area (Å²) in [6, 6.07) is 17.4. The fourth-order valence-corrected chi connectivity index (χ4v) is 3.24. The van der Waals surface area contributed by atoms with Crippen LogP contribution < -0.4 is 9.47 Å². The molecule has 1 N–H and O–H groups in total. The van der Waals surface area contributed by atoms with Crippen molar-refractivity contribution in [2.24, 2.45) is 0 Å². The Kier molecular flexibility index (Phi) is 4.18. The quantitative estimate of drug-likeness (QED) is 0.633. The molecule has 0 bridgehead atoms. The summed E-state index contributed by atoms with van der Waals surface area (Å²) < 4.78 is 49.4. The van der Waals surface area contributed by atoms with Gasteiger partial charge in [0.1, 0.15) is 5.75 Å². The van der Waals surface area contributed by atoms with Crippen molar-refractivity contribution in [3.05, 3.63) is 89.0 Å². The monoisotopic (exact) mass is 372 g/mol. The van der Waals surface area contributed by atoms with Crippen LogP contribution in [-0.4, -0.2) is 11.9 Å². The van der Waals surface area contributed by atoms with E-state index in [2.05, 4.69) is 0 Å². The molecule has 138 valence electrons. The van der Waals surface area contributed by atoms with Crippen LogP contribution in [0.5, 0.6) is 17.2 Å². The molecule has 0 amide bonds. The summed E-state index contributed by atoms with van der Waals surface area (Å²) in [5.41, 5.74) is 1.29. The standard InChI is InChI=1S/C21H15F3O3/c22-21(23,24)15-8-6-14(7-9-15)20(13-4-2-1-3-5-13)16-10-18-19(11-17(16)25)27-12-26-18/h1-11,20,25H,12H2/t20-/m0/s1. The Labute approximate surface area is 153 Å². The van der Waals surface area contributed by atoms with Crippen molar-refractivity contribution in [1.82, 2.24) is 0 Å². The third-order valence-electron chi connectivity index (χ3n) is 4.54. The zero-order valence-corrected chi connectivity index (χ0v) is 14.0. The number of ether oxygens (including phenoxy) is 2. The van der Waals surface area contributed by atoms with E-state index in [-0.39, 0.29) is 12.5 Å². The van der Waals surface area contributed by atoms with Crippen LogP contribution >= 0.6 is 0 Å². The Bertz CT molecular complexity index is 951. The third kappa shape index (κ3) is 3.30. The molecule has 1 heterocycles. The summed E-state index contributed by atoms with van der Waals surface area (Å²) in [6.45, 7) is 0.0640. The minimum absolute atomic E-state index is 0.00648. The Hall–Kier alpha value is -3.15. The highest BCUT2D eigenvalue weighted by Gasteiger charge is 2.31. The van der Waals surface area contributed by atoms with Crippen LogP contribution in [0.25, 0.3) is 0 Å². The molecule has 0 aliphatic carbocycles. The first kappa shape index (κ1) is 17.3. The Morgan fingerprint density at radius 2 is 1.41 bits per heavy atom. The number of fused-ring (bicyclic) bond motifs is 1. The number of halogens is 3. The summed E-state index contributed by atoms with van der Waals surface area (Å²) in [4.78, 5) is 0. The van der Waals surface area contributed by atoms with Crippen molar-refractivity contribution in [2.45, 2.75) is 12.1 Å². The molecule has 27 heavy (non-hydrogen) atoms. The van der Waals surface area contributed by atoms with Crippen molar-refractivity contribution in [2.75, 3.05) is 6.79 Å².